The van der Waals surface area contributed by atoms with Crippen molar-refractivity contribution in [2.24, 2.45) is 0 Å². The lowest BCUT2D eigenvalue weighted by Gasteiger charge is -2.32. The molecule has 1 heterocycles. The quantitative estimate of drug-likeness (QED) is 0.295. The lowest BCUT2D eigenvalue weighted by Crippen LogP contribution is -2.41. The van der Waals surface area contributed by atoms with Crippen LogP contribution < -0.4 is 24.4 Å². The highest BCUT2D eigenvalue weighted by Gasteiger charge is 2.51. The van der Waals surface area contributed by atoms with Gasteiger partial charge in [-0.15, -0.1) is 0 Å². The Bertz CT molecular complexity index is 1280. The minimum Gasteiger partial charge on any atom is -0.496 e. The van der Waals surface area contributed by atoms with Crippen molar-refractivity contribution in [3.63, 3.8) is 0 Å². The van der Waals surface area contributed by atoms with Crippen molar-refractivity contribution in [1.82, 2.24) is 0 Å². The van der Waals surface area contributed by atoms with Crippen molar-refractivity contribution in [3.8, 4) is 23.0 Å². The predicted octanol–water partition coefficient (Wildman–Crippen LogP) is 4.96. The van der Waals surface area contributed by atoms with Crippen LogP contribution in [-0.2, 0) is 22.5 Å². The number of benzene rings is 3. The maximum atomic E-state index is 10.9. The maximum Gasteiger partial charge on any atom is 0.494 e. The molecular formula is C28H33BNO8+. The predicted molar refractivity (Wildman–Crippen MR) is 142 cm³/mol. The number of hydrogen-bond donors (Lipinski definition) is 1. The summed E-state index contributed by atoms with van der Waals surface area (Å²) in [6.45, 7) is 8.63. The van der Waals surface area contributed by atoms with Gasteiger partial charge in [0.25, 0.3) is 4.92 Å². The average Bonchev–Trinajstić information content (AvgIpc) is 3.12. The normalized spacial score (nSPS) is 15.7. The molecule has 38 heavy (non-hydrogen) atoms. The van der Waals surface area contributed by atoms with Gasteiger partial charge < -0.3 is 28.3 Å². The molecule has 1 saturated heterocycles. The van der Waals surface area contributed by atoms with E-state index in [2.05, 4.69) is 0 Å². The Kier molecular flexibility index (Phi) is 7.85. The van der Waals surface area contributed by atoms with E-state index >= 15 is 0 Å². The standard InChI is InChI=1S/C28H33BNO8/c1-27(2)28(3,4)38-29(37-27)21-9-7-19(25(15-21)33-5)18-36-24-12-8-20(26(16-24)34-6)17-35-23-13-10-22(11-14-23)30(31)32/h7-16H,17-18H2,1-6H3,(H,31,32)/q+1. The van der Waals surface area contributed by atoms with Crippen LogP contribution >= 0.6 is 0 Å². The van der Waals surface area contributed by atoms with Crippen LogP contribution in [0.4, 0.5) is 5.69 Å². The fraction of sp³-hybridized carbons (Fsp3) is 0.357. The fourth-order valence-electron chi connectivity index (χ4n) is 3.93. The third-order valence-corrected chi connectivity index (χ3v) is 6.94. The van der Waals surface area contributed by atoms with Crippen LogP contribution in [0, 0.1) is 4.91 Å². The van der Waals surface area contributed by atoms with Crippen molar-refractivity contribution in [3.05, 3.63) is 76.7 Å². The Morgan fingerprint density at radius 3 is 1.82 bits per heavy atom. The topological polar surface area (TPSA) is 95.7 Å². The van der Waals surface area contributed by atoms with Crippen LogP contribution in [0.1, 0.15) is 38.8 Å². The molecule has 3 aromatic carbocycles. The van der Waals surface area contributed by atoms with Crippen LogP contribution in [0.2, 0.25) is 0 Å². The molecular weight excluding hydrogens is 489 g/mol. The Morgan fingerprint density at radius 1 is 0.763 bits per heavy atom. The lowest BCUT2D eigenvalue weighted by molar-refractivity contribution is -0.729. The highest BCUT2D eigenvalue weighted by Crippen LogP contribution is 2.37. The van der Waals surface area contributed by atoms with Gasteiger partial charge in [0.15, 0.2) is 0 Å². The number of hydrogen-bond acceptors (Lipinski definition) is 7. The van der Waals surface area contributed by atoms with Crippen LogP contribution in [0.5, 0.6) is 23.0 Å². The second kappa shape index (κ2) is 10.9. The molecule has 0 saturated carbocycles. The zero-order valence-corrected chi connectivity index (χ0v) is 22.5. The molecule has 0 unspecified atom stereocenters. The SMILES string of the molecule is COc1cc(OCc2ccc(B3OC(C)(C)C(C)(C)O3)cc2OC)ccc1COc1ccc([N+](=O)O)cc1. The first-order chi connectivity index (χ1) is 18.0. The number of methoxy groups -OCH3 is 2. The first-order valence-electron chi connectivity index (χ1n) is 12.2. The van der Waals surface area contributed by atoms with Gasteiger partial charge in [0.05, 0.1) is 30.3 Å². The molecule has 4 rings (SSSR count). The molecule has 0 aliphatic carbocycles. The van der Waals surface area contributed by atoms with Gasteiger partial charge in [0.2, 0.25) is 0 Å². The summed E-state index contributed by atoms with van der Waals surface area (Å²) < 4.78 is 35.3. The summed E-state index contributed by atoms with van der Waals surface area (Å²) in [5, 5.41) is 8.95. The minimum atomic E-state index is -0.475. The Hall–Kier alpha value is -3.76. The molecule has 10 heteroatoms. The average molecular weight is 522 g/mol. The molecule has 1 aliphatic rings. The molecule has 3 aromatic rings. The number of nitrogens with zero attached hydrogens (tertiary/aromatic N) is 1. The molecule has 0 aromatic heterocycles. The molecule has 9 nitrogen and oxygen atoms in total. The van der Waals surface area contributed by atoms with Gasteiger partial charge >= 0.3 is 12.8 Å². The van der Waals surface area contributed by atoms with Crippen LogP contribution in [0.25, 0.3) is 0 Å². The maximum absolute atomic E-state index is 10.9. The summed E-state index contributed by atoms with van der Waals surface area (Å²) in [6.07, 6.45) is 0. The van der Waals surface area contributed by atoms with Crippen molar-refractivity contribution in [2.45, 2.75) is 52.1 Å². The molecule has 0 amide bonds. The highest BCUT2D eigenvalue weighted by molar-refractivity contribution is 6.62. The van der Waals surface area contributed by atoms with Gasteiger partial charge in [0.1, 0.15) is 36.2 Å². The minimum absolute atomic E-state index is 0.121. The van der Waals surface area contributed by atoms with E-state index in [1.54, 1.807) is 32.4 Å². The zero-order chi connectivity index (χ0) is 27.5. The second-order valence-corrected chi connectivity index (χ2v) is 9.98. The smallest absolute Gasteiger partial charge is 0.494 e. The van der Waals surface area contributed by atoms with E-state index < -0.39 is 18.3 Å². The van der Waals surface area contributed by atoms with Crippen LogP contribution in [-0.4, -0.2) is 42.7 Å². The van der Waals surface area contributed by atoms with Crippen molar-refractivity contribution in [1.29, 1.82) is 0 Å². The third-order valence-electron chi connectivity index (χ3n) is 6.94. The Morgan fingerprint density at radius 2 is 1.26 bits per heavy atom. The number of ether oxygens (including phenoxy) is 4. The molecule has 0 spiro atoms. The van der Waals surface area contributed by atoms with E-state index in [1.165, 1.54) is 12.1 Å². The van der Waals surface area contributed by atoms with E-state index in [0.29, 0.717) is 29.6 Å². The highest BCUT2D eigenvalue weighted by atomic mass is 16.7. The zero-order valence-electron chi connectivity index (χ0n) is 22.5. The van der Waals surface area contributed by atoms with Gasteiger partial charge in [-0.05, 0) is 63.5 Å². The largest absolute Gasteiger partial charge is 0.496 e. The van der Waals surface area contributed by atoms with Crippen molar-refractivity contribution < 1.29 is 38.4 Å². The molecule has 200 valence electrons. The molecule has 0 atom stereocenters. The van der Waals surface area contributed by atoms with E-state index in [9.17, 15) is 4.91 Å². The summed E-state index contributed by atoms with van der Waals surface area (Å²) in [5.74, 6) is 2.48. The van der Waals surface area contributed by atoms with Crippen molar-refractivity contribution in [2.75, 3.05) is 14.2 Å². The van der Waals surface area contributed by atoms with E-state index in [-0.39, 0.29) is 17.2 Å². The molecule has 1 aliphatic heterocycles. The molecule has 0 radical (unpaired) electrons. The van der Waals surface area contributed by atoms with Gasteiger partial charge in [-0.2, -0.15) is 0 Å². The Labute approximate surface area is 222 Å². The summed E-state index contributed by atoms with van der Waals surface area (Å²) in [5.41, 5.74) is 1.85. The molecule has 1 N–H and O–H groups in total. The summed E-state index contributed by atoms with van der Waals surface area (Å²) in [7, 11) is 2.73. The van der Waals surface area contributed by atoms with Crippen LogP contribution in [0.3, 0.4) is 0 Å². The number of rotatable bonds is 10. The molecule has 0 bridgehead atoms. The second-order valence-electron chi connectivity index (χ2n) is 9.98. The van der Waals surface area contributed by atoms with E-state index in [0.717, 1.165) is 16.6 Å². The van der Waals surface area contributed by atoms with Crippen LogP contribution in [0.15, 0.2) is 60.7 Å². The van der Waals surface area contributed by atoms with Gasteiger partial charge in [0, 0.05) is 29.3 Å². The van der Waals surface area contributed by atoms with Crippen molar-refractivity contribution >= 4 is 18.3 Å². The Balaban J connectivity index is 1.40. The summed E-state index contributed by atoms with van der Waals surface area (Å²) in [4.78, 5) is 10.7. The van der Waals surface area contributed by atoms with Gasteiger partial charge in [-0.25, -0.2) is 5.21 Å². The first-order valence-corrected chi connectivity index (χ1v) is 12.2. The molecule has 1 fully saturated rings. The van der Waals surface area contributed by atoms with E-state index in [1.807, 2.05) is 58.0 Å². The fourth-order valence-corrected chi connectivity index (χ4v) is 3.93. The van der Waals surface area contributed by atoms with Gasteiger partial charge in [-0.1, -0.05) is 12.1 Å². The third kappa shape index (κ3) is 5.87. The van der Waals surface area contributed by atoms with Gasteiger partial charge in [-0.3, -0.25) is 0 Å². The monoisotopic (exact) mass is 522 g/mol. The lowest BCUT2D eigenvalue weighted by atomic mass is 9.78. The summed E-state index contributed by atoms with van der Waals surface area (Å²) in [6, 6.07) is 17.5. The first kappa shape index (κ1) is 27.3. The van der Waals surface area contributed by atoms with E-state index in [4.69, 9.17) is 33.5 Å². The summed E-state index contributed by atoms with van der Waals surface area (Å²) >= 11 is 0.